The molecule has 0 aromatic heterocycles. The van der Waals surface area contributed by atoms with E-state index in [0.29, 0.717) is 36.5 Å². The monoisotopic (exact) mass is 649 g/mol. The second-order valence-corrected chi connectivity index (χ2v) is 15.0. The molecule has 6 bridgehead atoms. The first-order valence-electron chi connectivity index (χ1n) is 15.4. The highest BCUT2D eigenvalue weighted by molar-refractivity contribution is 7.86. The molecule has 15 heteroatoms. The molecule has 6 aliphatic carbocycles. The lowest BCUT2D eigenvalue weighted by molar-refractivity contribution is -0.218. The van der Waals surface area contributed by atoms with E-state index in [0.717, 1.165) is 25.7 Å². The summed E-state index contributed by atoms with van der Waals surface area (Å²) in [6.07, 6.45) is -0.714. The van der Waals surface area contributed by atoms with Crippen molar-refractivity contribution < 1.29 is 64.3 Å². The fourth-order valence-corrected chi connectivity index (χ4v) is 10.0. The summed E-state index contributed by atoms with van der Waals surface area (Å²) < 4.78 is 93.6. The zero-order valence-electron chi connectivity index (χ0n) is 24.2. The Balaban J connectivity index is 1.03. The number of rotatable bonds is 12. The zero-order chi connectivity index (χ0) is 31.8. The minimum absolute atomic E-state index is 0.298. The van der Waals surface area contributed by atoms with Gasteiger partial charge in [-0.2, -0.15) is 8.78 Å². The van der Waals surface area contributed by atoms with E-state index in [1.807, 2.05) is 6.92 Å². The molecule has 0 radical (unpaired) electrons. The molecule has 44 heavy (non-hydrogen) atoms. The van der Waals surface area contributed by atoms with Crippen LogP contribution >= 0.6 is 0 Å². The van der Waals surface area contributed by atoms with Crippen LogP contribution in [0.4, 0.5) is 13.2 Å². The molecular formula is C29H36F3O11S-. The van der Waals surface area contributed by atoms with E-state index >= 15 is 0 Å². The van der Waals surface area contributed by atoms with Gasteiger partial charge in [-0.05, 0) is 68.6 Å². The largest absolute Gasteiger partial charge is 0.743 e. The van der Waals surface area contributed by atoms with Crippen molar-refractivity contribution in [3.8, 4) is 0 Å². The average Bonchev–Trinajstić information content (AvgIpc) is 3.57. The van der Waals surface area contributed by atoms with Crippen LogP contribution in [-0.2, 0) is 48.2 Å². The molecule has 1 heterocycles. The highest BCUT2D eigenvalue weighted by Crippen LogP contribution is 2.63. The van der Waals surface area contributed by atoms with Crippen LogP contribution in [0.15, 0.2) is 0 Å². The normalized spacial score (nSPS) is 40.5. The molecule has 0 aromatic carbocycles. The molecule has 7 fully saturated rings. The van der Waals surface area contributed by atoms with E-state index < -0.39 is 107 Å². The lowest BCUT2D eigenvalue weighted by Gasteiger charge is -2.60. The van der Waals surface area contributed by atoms with Crippen molar-refractivity contribution in [2.75, 3.05) is 6.61 Å². The maximum absolute atomic E-state index is 13.9. The first-order valence-corrected chi connectivity index (χ1v) is 16.8. The number of hydrogen-bond donors (Lipinski definition) is 0. The number of fused-ring (bicyclic) bond motifs is 1. The summed E-state index contributed by atoms with van der Waals surface area (Å²) in [4.78, 5) is 51.4. The molecule has 0 amide bonds. The molecule has 0 N–H and O–H groups in total. The molecule has 1 saturated heterocycles. The molecule has 1 aliphatic heterocycles. The number of carbonyl (C=O) groups excluding carboxylic acids is 4. The Morgan fingerprint density at radius 1 is 1.02 bits per heavy atom. The summed E-state index contributed by atoms with van der Waals surface area (Å²) in [6.45, 7) is 1.10. The van der Waals surface area contributed by atoms with Crippen LogP contribution < -0.4 is 0 Å². The van der Waals surface area contributed by atoms with Crippen molar-refractivity contribution >= 4 is 34.0 Å². The molecule has 246 valence electrons. The average molecular weight is 650 g/mol. The third-order valence-electron chi connectivity index (χ3n) is 11.3. The highest BCUT2D eigenvalue weighted by Gasteiger charge is 2.71. The van der Waals surface area contributed by atoms with Crippen LogP contribution in [0.5, 0.6) is 0 Å². The van der Waals surface area contributed by atoms with Gasteiger partial charge in [-0.15, -0.1) is 0 Å². The van der Waals surface area contributed by atoms with Gasteiger partial charge in [0.15, 0.2) is 16.3 Å². The Bertz CT molecular complexity index is 1290. The van der Waals surface area contributed by atoms with Gasteiger partial charge in [0.1, 0.15) is 17.8 Å². The third kappa shape index (κ3) is 5.09. The van der Waals surface area contributed by atoms with Gasteiger partial charge in [-0.1, -0.05) is 6.92 Å². The van der Waals surface area contributed by atoms with Crippen molar-refractivity contribution in [3.05, 3.63) is 0 Å². The SMILES string of the molecule is CCC1(OC(=O)C2C3CC4C(OC(=O)C42)C3OC(=O)CCC(=O)OCCC(F)C(F)(F)S(=O)(=O)[O-])C2CC3CC(C2)CC1C3. The van der Waals surface area contributed by atoms with Gasteiger partial charge in [0.2, 0.25) is 0 Å². The molecule has 6 saturated carbocycles. The van der Waals surface area contributed by atoms with Crippen molar-refractivity contribution in [1.82, 2.24) is 0 Å². The van der Waals surface area contributed by atoms with Gasteiger partial charge in [0.05, 0.1) is 31.3 Å². The first kappa shape index (κ1) is 31.6. The smallest absolute Gasteiger partial charge is 0.364 e. The maximum atomic E-state index is 13.9. The zero-order valence-corrected chi connectivity index (χ0v) is 25.0. The van der Waals surface area contributed by atoms with E-state index in [1.54, 1.807) is 0 Å². The van der Waals surface area contributed by atoms with Gasteiger partial charge in [0.25, 0.3) is 0 Å². The lowest BCUT2D eigenvalue weighted by atomic mass is 9.49. The molecule has 11 nitrogen and oxygen atoms in total. The third-order valence-corrected chi connectivity index (χ3v) is 12.2. The summed E-state index contributed by atoms with van der Waals surface area (Å²) in [7, 11) is -6.24. The fourth-order valence-electron chi connectivity index (χ4n) is 9.61. The topological polar surface area (TPSA) is 162 Å². The van der Waals surface area contributed by atoms with Gasteiger partial charge >= 0.3 is 29.1 Å². The fraction of sp³-hybridized carbons (Fsp3) is 0.862. The summed E-state index contributed by atoms with van der Waals surface area (Å²) in [5.74, 6) is -3.15. The first-order chi connectivity index (χ1) is 20.7. The summed E-state index contributed by atoms with van der Waals surface area (Å²) >= 11 is 0. The van der Waals surface area contributed by atoms with Gasteiger partial charge in [-0.25, -0.2) is 12.8 Å². The number of hydrogen-bond acceptors (Lipinski definition) is 11. The predicted molar refractivity (Wildman–Crippen MR) is 139 cm³/mol. The van der Waals surface area contributed by atoms with E-state index in [1.165, 1.54) is 6.42 Å². The minimum Gasteiger partial charge on any atom is -0.743 e. The highest BCUT2D eigenvalue weighted by atomic mass is 32.2. The van der Waals surface area contributed by atoms with Gasteiger partial charge in [0, 0.05) is 18.3 Å². The summed E-state index contributed by atoms with van der Waals surface area (Å²) in [5, 5.41) is -5.18. The van der Waals surface area contributed by atoms with Crippen LogP contribution in [0.2, 0.25) is 0 Å². The Kier molecular flexibility index (Phi) is 7.98. The predicted octanol–water partition coefficient (Wildman–Crippen LogP) is 3.04. The van der Waals surface area contributed by atoms with E-state index in [-0.39, 0.29) is 5.92 Å². The van der Waals surface area contributed by atoms with E-state index in [4.69, 9.17) is 14.2 Å². The van der Waals surface area contributed by atoms with Crippen molar-refractivity contribution in [2.24, 2.45) is 47.3 Å². The number of halogens is 3. The molecule has 0 spiro atoms. The Morgan fingerprint density at radius 3 is 2.23 bits per heavy atom. The van der Waals surface area contributed by atoms with Crippen LogP contribution in [0.25, 0.3) is 0 Å². The lowest BCUT2D eigenvalue weighted by Crippen LogP contribution is -2.60. The van der Waals surface area contributed by atoms with Crippen LogP contribution in [0.3, 0.4) is 0 Å². The van der Waals surface area contributed by atoms with E-state index in [2.05, 4.69) is 4.74 Å². The Morgan fingerprint density at radius 2 is 1.64 bits per heavy atom. The van der Waals surface area contributed by atoms with Crippen LogP contribution in [0, 0.1) is 47.3 Å². The molecule has 7 atom stereocenters. The summed E-state index contributed by atoms with van der Waals surface area (Å²) in [6, 6.07) is 0. The van der Waals surface area contributed by atoms with Crippen molar-refractivity contribution in [3.63, 3.8) is 0 Å². The Labute approximate surface area is 252 Å². The van der Waals surface area contributed by atoms with Gasteiger partial charge < -0.3 is 23.5 Å². The van der Waals surface area contributed by atoms with E-state index in [9.17, 15) is 45.3 Å². The maximum Gasteiger partial charge on any atom is 0.364 e. The second-order valence-electron chi connectivity index (χ2n) is 13.5. The number of ether oxygens (including phenoxy) is 4. The quantitative estimate of drug-likeness (QED) is 0.174. The molecular weight excluding hydrogens is 613 g/mol. The molecule has 7 aliphatic rings. The number of esters is 4. The summed E-state index contributed by atoms with van der Waals surface area (Å²) in [5.41, 5.74) is -0.553. The molecule has 0 aromatic rings. The van der Waals surface area contributed by atoms with Crippen molar-refractivity contribution in [1.29, 1.82) is 0 Å². The second kappa shape index (κ2) is 11.1. The van der Waals surface area contributed by atoms with Gasteiger partial charge in [-0.3, -0.25) is 19.2 Å². The van der Waals surface area contributed by atoms with Crippen molar-refractivity contribution in [2.45, 2.75) is 100 Å². The molecule has 7 rings (SSSR count). The molecule has 7 unspecified atom stereocenters. The minimum atomic E-state index is -6.24. The number of alkyl halides is 3. The standard InChI is InChI=1S/C29H37F3O11S/c1-2-28(15-8-13-7-14(10-15)11-16(28)9-13)43-27(36)23-18-12-17-22(23)26(35)42-25(17)24(18)41-21(34)4-3-20(33)40-6-5-19(30)29(31,32)44(37,38)39/h13-19,22-25H,2-12H2,1H3,(H,37,38,39)/p-1. The van der Waals surface area contributed by atoms with Crippen LogP contribution in [-0.4, -0.2) is 72.7 Å². The van der Waals surface area contributed by atoms with Crippen LogP contribution in [0.1, 0.15) is 71.1 Å². The Hall–Kier alpha value is -2.42. The number of carbonyl (C=O) groups is 4.